The quantitative estimate of drug-likeness (QED) is 0.878. The normalized spacial score (nSPS) is 13.3. The summed E-state index contributed by atoms with van der Waals surface area (Å²) in [7, 11) is 1.61. The number of carbonyl (C=O) groups excluding carboxylic acids is 1. The van der Waals surface area contributed by atoms with Gasteiger partial charge < -0.3 is 15.4 Å². The van der Waals surface area contributed by atoms with E-state index in [1.54, 1.807) is 7.05 Å². The van der Waals surface area contributed by atoms with Gasteiger partial charge in [0.1, 0.15) is 0 Å². The molecular weight excluding hydrogens is 240 g/mol. The minimum atomic E-state index is -0.196. The van der Waals surface area contributed by atoms with Crippen LogP contribution in [0.25, 0.3) is 0 Å². The Hall–Kier alpha value is -1.97. The van der Waals surface area contributed by atoms with Gasteiger partial charge in [0.05, 0.1) is 12.4 Å². The van der Waals surface area contributed by atoms with Gasteiger partial charge in [0.2, 0.25) is 0 Å². The Morgan fingerprint density at radius 1 is 1.37 bits per heavy atom. The van der Waals surface area contributed by atoms with Crippen molar-refractivity contribution in [2.75, 3.05) is 19.0 Å². The van der Waals surface area contributed by atoms with Gasteiger partial charge in [-0.1, -0.05) is 6.07 Å². The number of allylic oxidation sites excluding steroid dienone is 2. The molecule has 0 radical (unpaired) electrons. The number of ether oxygens (including phenoxy) is 1. The molecule has 0 bridgehead atoms. The third-order valence-electron chi connectivity index (χ3n) is 3.36. The summed E-state index contributed by atoms with van der Waals surface area (Å²) in [5, 5.41) is 5.45. The molecule has 0 atom stereocenters. The molecule has 1 aromatic rings. The highest BCUT2D eigenvalue weighted by Gasteiger charge is 2.18. The van der Waals surface area contributed by atoms with E-state index >= 15 is 0 Å². The number of anilines is 1. The number of rotatable bonds is 3. The van der Waals surface area contributed by atoms with E-state index < -0.39 is 0 Å². The van der Waals surface area contributed by atoms with Crippen LogP contribution < -0.4 is 10.6 Å². The van der Waals surface area contributed by atoms with Gasteiger partial charge >= 0.3 is 6.03 Å². The van der Waals surface area contributed by atoms with Crippen molar-refractivity contribution in [2.45, 2.75) is 26.7 Å². The molecule has 0 aromatic heterocycles. The summed E-state index contributed by atoms with van der Waals surface area (Å²) in [6.45, 7) is 4.75. The minimum Gasteiger partial charge on any atom is -0.498 e. The summed E-state index contributed by atoms with van der Waals surface area (Å²) >= 11 is 0. The first-order valence-corrected chi connectivity index (χ1v) is 6.57. The summed E-state index contributed by atoms with van der Waals surface area (Å²) in [4.78, 5) is 11.5. The molecule has 1 aliphatic carbocycles. The number of hydrogen-bond donors (Lipinski definition) is 2. The predicted molar refractivity (Wildman–Crippen MR) is 76.4 cm³/mol. The number of aryl methyl sites for hydroxylation is 1. The van der Waals surface area contributed by atoms with Gasteiger partial charge in [-0.25, -0.2) is 4.79 Å². The van der Waals surface area contributed by atoms with Gasteiger partial charge in [-0.05, 0) is 49.1 Å². The van der Waals surface area contributed by atoms with Crippen molar-refractivity contribution in [2.24, 2.45) is 0 Å². The van der Waals surface area contributed by atoms with Crippen molar-refractivity contribution < 1.29 is 9.53 Å². The Morgan fingerprint density at radius 3 is 2.84 bits per heavy atom. The van der Waals surface area contributed by atoms with Crippen LogP contribution in [0.15, 0.2) is 24.0 Å². The maximum atomic E-state index is 11.5. The first kappa shape index (κ1) is 13.5. The van der Waals surface area contributed by atoms with E-state index in [4.69, 9.17) is 4.74 Å². The van der Waals surface area contributed by atoms with Crippen LogP contribution in [0.4, 0.5) is 10.5 Å². The Morgan fingerprint density at radius 2 is 2.16 bits per heavy atom. The van der Waals surface area contributed by atoms with Crippen LogP contribution in [0, 0.1) is 6.92 Å². The topological polar surface area (TPSA) is 50.4 Å². The second-order valence-corrected chi connectivity index (χ2v) is 4.58. The summed E-state index contributed by atoms with van der Waals surface area (Å²) in [6, 6.07) is 3.81. The van der Waals surface area contributed by atoms with Gasteiger partial charge in [-0.2, -0.15) is 0 Å². The zero-order chi connectivity index (χ0) is 13.8. The summed E-state index contributed by atoms with van der Waals surface area (Å²) in [5.74, 6) is 0.987. The number of amides is 2. The molecule has 1 aromatic carbocycles. The van der Waals surface area contributed by atoms with Crippen molar-refractivity contribution >= 4 is 11.7 Å². The van der Waals surface area contributed by atoms with Crippen molar-refractivity contribution in [3.8, 4) is 0 Å². The van der Waals surface area contributed by atoms with Gasteiger partial charge in [0.15, 0.2) is 0 Å². The third-order valence-corrected chi connectivity index (χ3v) is 3.36. The lowest BCUT2D eigenvalue weighted by Gasteiger charge is -2.22. The van der Waals surface area contributed by atoms with Crippen LogP contribution in [-0.4, -0.2) is 19.7 Å². The van der Waals surface area contributed by atoms with Crippen LogP contribution in [0.1, 0.15) is 23.6 Å². The Labute approximate surface area is 113 Å². The largest absolute Gasteiger partial charge is 0.498 e. The summed E-state index contributed by atoms with van der Waals surface area (Å²) in [6.07, 6.45) is 3.73. The molecule has 0 heterocycles. The molecule has 0 saturated heterocycles. The molecule has 102 valence electrons. The van der Waals surface area contributed by atoms with Gasteiger partial charge in [0.25, 0.3) is 0 Å². The molecule has 2 amide bonds. The van der Waals surface area contributed by atoms with E-state index in [-0.39, 0.29) is 6.03 Å². The molecule has 1 aliphatic rings. The van der Waals surface area contributed by atoms with Gasteiger partial charge in [0, 0.05) is 19.2 Å². The fourth-order valence-corrected chi connectivity index (χ4v) is 2.36. The number of urea groups is 1. The average molecular weight is 260 g/mol. The fourth-order valence-electron chi connectivity index (χ4n) is 2.36. The van der Waals surface area contributed by atoms with Crippen LogP contribution in [0.3, 0.4) is 0 Å². The molecule has 2 rings (SSSR count). The van der Waals surface area contributed by atoms with Crippen molar-refractivity contribution in [3.63, 3.8) is 0 Å². The first-order valence-electron chi connectivity index (χ1n) is 6.57. The molecule has 4 nitrogen and oxygen atoms in total. The molecular formula is C15H20N2O2. The van der Waals surface area contributed by atoms with Gasteiger partial charge in [-0.3, -0.25) is 0 Å². The fraction of sp³-hybridized carbons (Fsp3) is 0.400. The zero-order valence-corrected chi connectivity index (χ0v) is 11.7. The summed E-state index contributed by atoms with van der Waals surface area (Å²) in [5.41, 5.74) is 4.57. The lowest BCUT2D eigenvalue weighted by Crippen LogP contribution is -2.25. The Bertz CT molecular complexity index is 521. The highest BCUT2D eigenvalue weighted by molar-refractivity contribution is 5.90. The molecule has 0 spiro atoms. The van der Waals surface area contributed by atoms with E-state index in [0.717, 1.165) is 29.9 Å². The first-order chi connectivity index (χ1) is 9.15. The standard InChI is InChI=1S/C15H20N2O2/c1-4-19-11-6-7-12-10(2)5-8-14(13(12)9-11)17-15(18)16-3/h5-6,8H,4,7,9H2,1-3H3,(H2,16,17,18). The lowest BCUT2D eigenvalue weighted by atomic mass is 9.90. The van der Waals surface area contributed by atoms with Crippen molar-refractivity contribution in [1.82, 2.24) is 5.32 Å². The van der Waals surface area contributed by atoms with Crippen molar-refractivity contribution in [3.05, 3.63) is 40.7 Å². The smallest absolute Gasteiger partial charge is 0.318 e. The molecule has 19 heavy (non-hydrogen) atoms. The molecule has 0 aliphatic heterocycles. The second-order valence-electron chi connectivity index (χ2n) is 4.58. The van der Waals surface area contributed by atoms with E-state index in [0.29, 0.717) is 6.61 Å². The van der Waals surface area contributed by atoms with Crippen LogP contribution in [0.2, 0.25) is 0 Å². The van der Waals surface area contributed by atoms with Crippen molar-refractivity contribution in [1.29, 1.82) is 0 Å². The number of hydrogen-bond acceptors (Lipinski definition) is 2. The monoisotopic (exact) mass is 260 g/mol. The maximum Gasteiger partial charge on any atom is 0.318 e. The van der Waals surface area contributed by atoms with Crippen LogP contribution >= 0.6 is 0 Å². The highest BCUT2D eigenvalue weighted by atomic mass is 16.5. The number of carbonyl (C=O) groups is 1. The molecule has 2 N–H and O–H groups in total. The Kier molecular flexibility index (Phi) is 4.10. The van der Waals surface area contributed by atoms with Gasteiger partial charge in [-0.15, -0.1) is 0 Å². The molecule has 0 unspecified atom stereocenters. The van der Waals surface area contributed by atoms with E-state index in [2.05, 4.69) is 23.6 Å². The predicted octanol–water partition coefficient (Wildman–Crippen LogP) is 2.77. The number of fused-ring (bicyclic) bond motifs is 1. The molecule has 4 heteroatoms. The van der Waals surface area contributed by atoms with Crippen LogP contribution in [-0.2, 0) is 17.6 Å². The number of benzene rings is 1. The lowest BCUT2D eigenvalue weighted by molar-refractivity contribution is 0.220. The molecule has 0 fully saturated rings. The highest BCUT2D eigenvalue weighted by Crippen LogP contribution is 2.30. The molecule has 0 saturated carbocycles. The second kappa shape index (κ2) is 5.78. The number of nitrogens with one attached hydrogen (secondary N) is 2. The van der Waals surface area contributed by atoms with E-state index in [1.165, 1.54) is 11.1 Å². The van der Waals surface area contributed by atoms with E-state index in [9.17, 15) is 4.79 Å². The zero-order valence-electron chi connectivity index (χ0n) is 11.7. The third kappa shape index (κ3) is 2.89. The Balaban J connectivity index is 2.32. The summed E-state index contributed by atoms with van der Waals surface area (Å²) < 4.78 is 5.60. The minimum absolute atomic E-state index is 0.196. The maximum absolute atomic E-state index is 11.5. The van der Waals surface area contributed by atoms with Crippen LogP contribution in [0.5, 0.6) is 0 Å². The SMILES string of the molecule is CCOC1=CCc2c(C)ccc(NC(=O)NC)c2C1. The average Bonchev–Trinajstić information content (AvgIpc) is 2.42. The van der Waals surface area contributed by atoms with E-state index in [1.807, 2.05) is 19.1 Å².